The molecule has 0 radical (unpaired) electrons. The fraction of sp³-hybridized carbons (Fsp3) is 0.632. The number of hydrogen-bond donors (Lipinski definition) is 1. The van der Waals surface area contributed by atoms with Crippen molar-refractivity contribution in [2.24, 2.45) is 10.4 Å². The molecule has 1 atom stereocenters. The highest BCUT2D eigenvalue weighted by atomic mass is 16.5. The van der Waals surface area contributed by atoms with Gasteiger partial charge in [0.15, 0.2) is 5.96 Å². The van der Waals surface area contributed by atoms with Crippen molar-refractivity contribution >= 4 is 5.96 Å². The zero-order valence-electron chi connectivity index (χ0n) is 14.9. The highest BCUT2D eigenvalue weighted by Crippen LogP contribution is 2.38. The Morgan fingerprint density at radius 3 is 3.08 bits per heavy atom. The van der Waals surface area contributed by atoms with Crippen molar-refractivity contribution in [2.75, 3.05) is 46.5 Å². The smallest absolute Gasteiger partial charge is 0.193 e. The van der Waals surface area contributed by atoms with Gasteiger partial charge >= 0.3 is 0 Å². The molecule has 3 rings (SSSR count). The van der Waals surface area contributed by atoms with E-state index in [1.54, 1.807) is 0 Å². The summed E-state index contributed by atoms with van der Waals surface area (Å²) in [5.41, 5.74) is 1.65. The Morgan fingerprint density at radius 1 is 1.42 bits per heavy atom. The quantitative estimate of drug-likeness (QED) is 0.664. The van der Waals surface area contributed by atoms with Crippen LogP contribution < -0.4 is 10.1 Å². The van der Waals surface area contributed by atoms with Crippen LogP contribution >= 0.6 is 0 Å². The lowest BCUT2D eigenvalue weighted by molar-refractivity contribution is 0.156. The number of nitrogens with zero attached hydrogens (tertiary/aromatic N) is 2. The molecule has 24 heavy (non-hydrogen) atoms. The Kier molecular flexibility index (Phi) is 5.61. The normalized spacial score (nSPS) is 23.9. The molecule has 5 nitrogen and oxygen atoms in total. The summed E-state index contributed by atoms with van der Waals surface area (Å²) >= 11 is 0. The lowest BCUT2D eigenvalue weighted by Crippen LogP contribution is -2.42. The summed E-state index contributed by atoms with van der Waals surface area (Å²) in [5.74, 6) is 1.96. The average molecular weight is 331 g/mol. The molecule has 2 saturated heterocycles. The van der Waals surface area contributed by atoms with Crippen molar-refractivity contribution in [1.29, 1.82) is 0 Å². The van der Waals surface area contributed by atoms with Crippen LogP contribution in [-0.2, 0) is 11.2 Å². The van der Waals surface area contributed by atoms with Crippen molar-refractivity contribution in [1.82, 2.24) is 10.2 Å². The molecule has 2 aliphatic rings. The van der Waals surface area contributed by atoms with Gasteiger partial charge in [0.05, 0.1) is 13.2 Å². The van der Waals surface area contributed by atoms with E-state index < -0.39 is 0 Å². The monoisotopic (exact) mass is 331 g/mol. The van der Waals surface area contributed by atoms with Crippen LogP contribution in [-0.4, -0.2) is 57.4 Å². The second kappa shape index (κ2) is 7.88. The number of ether oxygens (including phenoxy) is 2. The molecule has 0 bridgehead atoms. The van der Waals surface area contributed by atoms with Gasteiger partial charge in [-0.2, -0.15) is 0 Å². The zero-order chi connectivity index (χ0) is 16.8. The summed E-state index contributed by atoms with van der Waals surface area (Å²) in [7, 11) is 1.87. The Balaban J connectivity index is 1.49. The summed E-state index contributed by atoms with van der Waals surface area (Å²) in [6, 6.07) is 8.33. The maximum absolute atomic E-state index is 5.62. The number of nitrogens with one attached hydrogen (secondary N) is 1. The topological polar surface area (TPSA) is 46.1 Å². The van der Waals surface area contributed by atoms with Crippen LogP contribution in [0.4, 0.5) is 0 Å². The van der Waals surface area contributed by atoms with Gasteiger partial charge in [-0.25, -0.2) is 0 Å². The van der Waals surface area contributed by atoms with Crippen molar-refractivity contribution in [2.45, 2.75) is 26.2 Å². The first-order valence-electron chi connectivity index (χ1n) is 9.00. The molecule has 5 heteroatoms. The van der Waals surface area contributed by atoms with E-state index in [2.05, 4.69) is 33.4 Å². The molecule has 0 aromatic heterocycles. The maximum Gasteiger partial charge on any atom is 0.193 e. The number of hydrogen-bond acceptors (Lipinski definition) is 3. The molecule has 0 aliphatic carbocycles. The van der Waals surface area contributed by atoms with Crippen LogP contribution in [0.15, 0.2) is 29.3 Å². The second-order valence-corrected chi connectivity index (χ2v) is 6.78. The Morgan fingerprint density at radius 2 is 2.33 bits per heavy atom. The lowest BCUT2D eigenvalue weighted by atomic mass is 9.87. The van der Waals surface area contributed by atoms with Crippen LogP contribution in [0.25, 0.3) is 0 Å². The first-order chi connectivity index (χ1) is 11.7. The molecule has 0 saturated carbocycles. The van der Waals surface area contributed by atoms with Gasteiger partial charge < -0.3 is 19.7 Å². The fourth-order valence-electron chi connectivity index (χ4n) is 3.70. The minimum absolute atomic E-state index is 0.365. The van der Waals surface area contributed by atoms with Crippen molar-refractivity contribution in [3.8, 4) is 5.75 Å². The maximum atomic E-state index is 5.62. The van der Waals surface area contributed by atoms with Crippen LogP contribution in [0.1, 0.15) is 25.3 Å². The standard InChI is InChI=1S/C19H29N3O2/c1-3-24-17-6-4-5-16(13-17)7-10-21-18(20-2)22-11-8-19(14-22)9-12-23-15-19/h4-6,13H,3,7-12,14-15H2,1-2H3,(H,20,21). The van der Waals surface area contributed by atoms with Crippen LogP contribution in [0.3, 0.4) is 0 Å². The molecule has 2 heterocycles. The van der Waals surface area contributed by atoms with Gasteiger partial charge in [0.25, 0.3) is 0 Å². The van der Waals surface area contributed by atoms with Crippen molar-refractivity contribution in [3.05, 3.63) is 29.8 Å². The van der Waals surface area contributed by atoms with Gasteiger partial charge in [-0.1, -0.05) is 12.1 Å². The second-order valence-electron chi connectivity index (χ2n) is 6.78. The van der Waals surface area contributed by atoms with Crippen LogP contribution in [0, 0.1) is 5.41 Å². The third-order valence-corrected chi connectivity index (χ3v) is 5.04. The Hall–Kier alpha value is -1.75. The number of benzene rings is 1. The summed E-state index contributed by atoms with van der Waals surface area (Å²) in [5, 5.41) is 3.51. The molecule has 1 unspecified atom stereocenters. The van der Waals surface area contributed by atoms with Gasteiger partial charge in [0.2, 0.25) is 0 Å². The molecule has 1 spiro atoms. The van der Waals surface area contributed by atoms with E-state index in [9.17, 15) is 0 Å². The third-order valence-electron chi connectivity index (χ3n) is 5.04. The van der Waals surface area contributed by atoms with E-state index >= 15 is 0 Å². The number of aliphatic imine (C=N–C) groups is 1. The predicted octanol–water partition coefficient (Wildman–Crippen LogP) is 2.32. The van der Waals surface area contributed by atoms with E-state index in [0.717, 1.165) is 51.0 Å². The summed E-state index contributed by atoms with van der Waals surface area (Å²) in [6.45, 7) is 7.55. The molecule has 1 N–H and O–H groups in total. The largest absolute Gasteiger partial charge is 0.494 e. The number of rotatable bonds is 5. The molecular weight excluding hydrogens is 302 g/mol. The molecule has 2 aliphatic heterocycles. The molecule has 2 fully saturated rings. The van der Waals surface area contributed by atoms with Crippen molar-refractivity contribution in [3.63, 3.8) is 0 Å². The van der Waals surface area contributed by atoms with Crippen molar-refractivity contribution < 1.29 is 9.47 Å². The van der Waals surface area contributed by atoms with E-state index in [0.29, 0.717) is 12.0 Å². The molecular formula is C19H29N3O2. The fourth-order valence-corrected chi connectivity index (χ4v) is 3.70. The number of guanidine groups is 1. The first-order valence-corrected chi connectivity index (χ1v) is 9.00. The van der Waals surface area contributed by atoms with Gasteiger partial charge in [-0.15, -0.1) is 0 Å². The molecule has 0 amide bonds. The van der Waals surface area contributed by atoms with Crippen LogP contribution in [0.2, 0.25) is 0 Å². The van der Waals surface area contributed by atoms with Gasteiger partial charge in [0.1, 0.15) is 5.75 Å². The Labute approximate surface area is 145 Å². The molecule has 1 aromatic carbocycles. The molecule has 132 valence electrons. The summed E-state index contributed by atoms with van der Waals surface area (Å²) in [6.07, 6.45) is 3.36. The van der Waals surface area contributed by atoms with Gasteiger partial charge in [0, 0.05) is 38.7 Å². The predicted molar refractivity (Wildman–Crippen MR) is 96.7 cm³/mol. The minimum atomic E-state index is 0.365. The summed E-state index contributed by atoms with van der Waals surface area (Å²) < 4.78 is 11.2. The summed E-state index contributed by atoms with van der Waals surface area (Å²) in [4.78, 5) is 6.85. The Bertz CT molecular complexity index is 567. The van der Waals surface area contributed by atoms with Gasteiger partial charge in [-0.05, 0) is 43.9 Å². The lowest BCUT2D eigenvalue weighted by Gasteiger charge is -2.25. The SMILES string of the molecule is CCOc1cccc(CCNC(=NC)N2CCC3(CCOC3)C2)c1. The van der Waals surface area contributed by atoms with Gasteiger partial charge in [-0.3, -0.25) is 4.99 Å². The van der Waals surface area contributed by atoms with E-state index in [1.807, 2.05) is 20.0 Å². The highest BCUT2D eigenvalue weighted by Gasteiger charge is 2.42. The third kappa shape index (κ3) is 4.01. The van der Waals surface area contributed by atoms with E-state index in [1.165, 1.54) is 18.4 Å². The zero-order valence-corrected chi connectivity index (χ0v) is 14.9. The molecule has 1 aromatic rings. The first kappa shape index (κ1) is 17.1. The van der Waals surface area contributed by atoms with Crippen LogP contribution in [0.5, 0.6) is 5.75 Å². The van der Waals surface area contributed by atoms with E-state index in [-0.39, 0.29) is 0 Å². The number of likely N-dealkylation sites (tertiary alicyclic amines) is 1. The average Bonchev–Trinajstić information content (AvgIpc) is 3.23. The van der Waals surface area contributed by atoms with E-state index in [4.69, 9.17) is 9.47 Å². The highest BCUT2D eigenvalue weighted by molar-refractivity contribution is 5.80. The minimum Gasteiger partial charge on any atom is -0.494 e.